The van der Waals surface area contributed by atoms with Gasteiger partial charge in [-0.25, -0.2) is 0 Å². The molecule has 0 radical (unpaired) electrons. The number of hydrogen-bond acceptors (Lipinski definition) is 2. The molecule has 0 aliphatic rings. The number of rotatable bonds is 15. The van der Waals surface area contributed by atoms with E-state index in [0.717, 1.165) is 6.42 Å². The number of carboxylic acids is 1. The number of hydrogen-bond donors (Lipinski definition) is 2. The van der Waals surface area contributed by atoms with Crippen molar-refractivity contribution in [2.45, 2.75) is 76.7 Å². The zero-order valence-corrected chi connectivity index (χ0v) is 16.8. The number of carbonyl (C=O) groups is 1. The van der Waals surface area contributed by atoms with Gasteiger partial charge in [-0.1, -0.05) is 70.1 Å². The summed E-state index contributed by atoms with van der Waals surface area (Å²) in [5.41, 5.74) is -1.31. The summed E-state index contributed by atoms with van der Waals surface area (Å²) in [6, 6.07) is 0. The lowest BCUT2D eigenvalue weighted by atomic mass is 9.97. The van der Waals surface area contributed by atoms with Crippen LogP contribution in [0.1, 0.15) is 71.1 Å². The maximum Gasteiger partial charge on any atom is 0.306 e. The van der Waals surface area contributed by atoms with Crippen LogP contribution in [-0.4, -0.2) is 54.0 Å². The Labute approximate surface area is 154 Å². The van der Waals surface area contributed by atoms with E-state index in [4.69, 9.17) is 5.11 Å². The van der Waals surface area contributed by atoms with Crippen molar-refractivity contribution >= 4 is 5.97 Å². The molecule has 0 saturated carbocycles. The van der Waals surface area contributed by atoms with Crippen molar-refractivity contribution < 1.29 is 19.5 Å². The van der Waals surface area contributed by atoms with Crippen LogP contribution in [0.25, 0.3) is 0 Å². The second-order valence-corrected chi connectivity index (χ2v) is 8.17. The number of aliphatic carboxylic acids is 1. The lowest BCUT2D eigenvalue weighted by molar-refractivity contribution is -0.876. The smallest absolute Gasteiger partial charge is 0.306 e. The lowest BCUT2D eigenvalue weighted by Crippen LogP contribution is -2.49. The van der Waals surface area contributed by atoms with E-state index < -0.39 is 11.6 Å². The first-order valence-electron chi connectivity index (χ1n) is 9.77. The average molecular weight is 355 g/mol. The van der Waals surface area contributed by atoms with Crippen LogP contribution in [0.2, 0.25) is 0 Å². The highest BCUT2D eigenvalue weighted by Gasteiger charge is 2.33. The molecule has 0 fully saturated rings. The van der Waals surface area contributed by atoms with Crippen molar-refractivity contribution in [1.82, 2.24) is 0 Å². The van der Waals surface area contributed by atoms with Crippen LogP contribution in [0.15, 0.2) is 24.3 Å². The van der Waals surface area contributed by atoms with Crippen molar-refractivity contribution in [2.24, 2.45) is 0 Å². The Hall–Kier alpha value is -1.13. The summed E-state index contributed by atoms with van der Waals surface area (Å²) in [7, 11) is 5.83. The van der Waals surface area contributed by atoms with Crippen molar-refractivity contribution in [3.63, 3.8) is 0 Å². The summed E-state index contributed by atoms with van der Waals surface area (Å²) in [5, 5.41) is 19.6. The van der Waals surface area contributed by atoms with E-state index in [-0.39, 0.29) is 6.42 Å². The van der Waals surface area contributed by atoms with Crippen LogP contribution in [-0.2, 0) is 4.79 Å². The second kappa shape index (κ2) is 13.1. The molecular formula is C21H40NO3+. The summed E-state index contributed by atoms with van der Waals surface area (Å²) < 4.78 is 0.510. The summed E-state index contributed by atoms with van der Waals surface area (Å²) >= 11 is 0. The SMILES string of the molecule is CCCCCCCCCCC=CC=CC(O)(CC(=O)O)C[N+](C)(C)C. The average Bonchev–Trinajstić information content (AvgIpc) is 2.45. The molecule has 0 saturated heterocycles. The summed E-state index contributed by atoms with van der Waals surface area (Å²) in [5.74, 6) is -0.983. The van der Waals surface area contributed by atoms with Gasteiger partial charge in [0, 0.05) is 0 Å². The molecule has 1 unspecified atom stereocenters. The Morgan fingerprint density at radius 2 is 1.52 bits per heavy atom. The highest BCUT2D eigenvalue weighted by atomic mass is 16.4. The van der Waals surface area contributed by atoms with E-state index in [9.17, 15) is 9.90 Å². The topological polar surface area (TPSA) is 57.5 Å². The fraction of sp³-hybridized carbons (Fsp3) is 0.762. The van der Waals surface area contributed by atoms with E-state index in [1.165, 1.54) is 51.4 Å². The Morgan fingerprint density at radius 3 is 2.04 bits per heavy atom. The predicted molar refractivity (Wildman–Crippen MR) is 106 cm³/mol. The Bertz CT molecular complexity index is 410. The van der Waals surface area contributed by atoms with E-state index in [0.29, 0.717) is 11.0 Å². The van der Waals surface area contributed by atoms with Gasteiger partial charge in [-0.05, 0) is 18.9 Å². The molecule has 4 heteroatoms. The van der Waals surface area contributed by atoms with Gasteiger partial charge in [0.05, 0.1) is 27.6 Å². The van der Waals surface area contributed by atoms with E-state index in [1.807, 2.05) is 27.2 Å². The molecule has 0 aromatic heterocycles. The van der Waals surface area contributed by atoms with Gasteiger partial charge >= 0.3 is 5.97 Å². The first kappa shape index (κ1) is 23.9. The highest BCUT2D eigenvalue weighted by Crippen LogP contribution is 2.16. The monoisotopic (exact) mass is 354 g/mol. The summed E-state index contributed by atoms with van der Waals surface area (Å²) in [6.45, 7) is 2.60. The maximum absolute atomic E-state index is 11.0. The molecule has 0 aromatic carbocycles. The standard InChI is InChI=1S/C21H39NO3/c1-5-6-7-8-9-10-11-12-13-14-15-16-17-21(25,18-20(23)24)19-22(2,3)4/h14-17,25H,5-13,18-19H2,1-4H3/p+1. The number of quaternary nitrogens is 1. The van der Waals surface area contributed by atoms with E-state index >= 15 is 0 Å². The van der Waals surface area contributed by atoms with Crippen LogP contribution in [0.3, 0.4) is 0 Å². The van der Waals surface area contributed by atoms with Crippen LogP contribution in [0.4, 0.5) is 0 Å². The zero-order chi connectivity index (χ0) is 19.2. The van der Waals surface area contributed by atoms with Crippen LogP contribution >= 0.6 is 0 Å². The molecule has 0 aliphatic carbocycles. The maximum atomic E-state index is 11.0. The van der Waals surface area contributed by atoms with Gasteiger partial charge < -0.3 is 14.7 Å². The van der Waals surface area contributed by atoms with E-state index in [1.54, 1.807) is 12.2 Å². The van der Waals surface area contributed by atoms with Gasteiger partial charge in [-0.3, -0.25) is 4.79 Å². The zero-order valence-electron chi connectivity index (χ0n) is 16.8. The third-order valence-electron chi connectivity index (χ3n) is 4.08. The van der Waals surface area contributed by atoms with Crippen molar-refractivity contribution in [1.29, 1.82) is 0 Å². The second-order valence-electron chi connectivity index (χ2n) is 8.17. The summed E-state index contributed by atoms with van der Waals surface area (Å²) in [6.07, 6.45) is 18.7. The Morgan fingerprint density at radius 1 is 0.960 bits per heavy atom. The first-order chi connectivity index (χ1) is 11.7. The van der Waals surface area contributed by atoms with Gasteiger partial charge in [-0.15, -0.1) is 0 Å². The number of likely N-dealkylation sites (N-methyl/N-ethyl adjacent to an activating group) is 1. The molecule has 4 nitrogen and oxygen atoms in total. The van der Waals surface area contributed by atoms with Crippen LogP contribution in [0.5, 0.6) is 0 Å². The van der Waals surface area contributed by atoms with Crippen LogP contribution < -0.4 is 0 Å². The van der Waals surface area contributed by atoms with Gasteiger partial charge in [-0.2, -0.15) is 0 Å². The molecule has 0 aliphatic heterocycles. The number of unbranched alkanes of at least 4 members (excludes halogenated alkanes) is 8. The van der Waals surface area contributed by atoms with Gasteiger partial charge in [0.15, 0.2) is 0 Å². The van der Waals surface area contributed by atoms with E-state index in [2.05, 4.69) is 13.0 Å². The Balaban J connectivity index is 4.07. The molecule has 0 bridgehead atoms. The van der Waals surface area contributed by atoms with Crippen molar-refractivity contribution in [3.05, 3.63) is 24.3 Å². The fourth-order valence-electron chi connectivity index (χ4n) is 3.06. The third-order valence-corrected chi connectivity index (χ3v) is 4.08. The summed E-state index contributed by atoms with van der Waals surface area (Å²) in [4.78, 5) is 11.0. The number of carboxylic acid groups (broad SMARTS) is 1. The third kappa shape index (κ3) is 16.1. The normalized spacial score (nSPS) is 15.1. The number of aliphatic hydroxyl groups is 1. The van der Waals surface area contributed by atoms with Gasteiger partial charge in [0.1, 0.15) is 12.1 Å². The van der Waals surface area contributed by atoms with Crippen LogP contribution in [0, 0.1) is 0 Å². The molecule has 0 amide bonds. The molecule has 0 rings (SSSR count). The number of nitrogens with zero attached hydrogens (tertiary/aromatic N) is 1. The molecule has 0 spiro atoms. The van der Waals surface area contributed by atoms with Crippen molar-refractivity contribution in [3.8, 4) is 0 Å². The number of allylic oxidation sites excluding steroid dienone is 3. The predicted octanol–water partition coefficient (Wildman–Crippen LogP) is 4.54. The minimum atomic E-state index is -1.31. The van der Waals surface area contributed by atoms with Gasteiger partial charge in [0.25, 0.3) is 0 Å². The Kier molecular flexibility index (Phi) is 12.5. The lowest BCUT2D eigenvalue weighted by Gasteiger charge is -2.32. The molecule has 2 N–H and O–H groups in total. The molecule has 1 atom stereocenters. The molecule has 0 aromatic rings. The minimum absolute atomic E-state index is 0.273. The fourth-order valence-corrected chi connectivity index (χ4v) is 3.06. The highest BCUT2D eigenvalue weighted by molar-refractivity contribution is 5.68. The molecule has 0 heterocycles. The largest absolute Gasteiger partial charge is 0.481 e. The quantitative estimate of drug-likeness (QED) is 0.258. The minimum Gasteiger partial charge on any atom is -0.481 e. The molecule has 25 heavy (non-hydrogen) atoms. The van der Waals surface area contributed by atoms with Crippen molar-refractivity contribution in [2.75, 3.05) is 27.7 Å². The first-order valence-corrected chi connectivity index (χ1v) is 9.77. The molecule has 146 valence electrons. The molecular weight excluding hydrogens is 314 g/mol. The van der Waals surface area contributed by atoms with Gasteiger partial charge in [0.2, 0.25) is 0 Å².